The van der Waals surface area contributed by atoms with Crippen LogP contribution in [0.4, 0.5) is 0 Å². The van der Waals surface area contributed by atoms with E-state index in [1.807, 2.05) is 0 Å². The number of ether oxygens (including phenoxy) is 1. The van der Waals surface area contributed by atoms with Crippen molar-refractivity contribution in [3.05, 3.63) is 21.9 Å². The van der Waals surface area contributed by atoms with Crippen LogP contribution < -0.4 is 10.6 Å². The number of hydrogen-bond donors (Lipinski definition) is 3. The fourth-order valence-electron chi connectivity index (χ4n) is 1.34. The number of thiophene rings is 1. The summed E-state index contributed by atoms with van der Waals surface area (Å²) in [7, 11) is 1.55. The highest BCUT2D eigenvalue weighted by Gasteiger charge is 2.10. The Kier molecular flexibility index (Phi) is 8.12. The molecule has 1 aromatic rings. The summed E-state index contributed by atoms with van der Waals surface area (Å²) in [5, 5.41) is 13.8. The first-order valence-electron chi connectivity index (χ1n) is 6.40. The Hall–Kier alpha value is -1.88. The first-order valence-corrected chi connectivity index (χ1v) is 7.22. The smallest absolute Gasteiger partial charge is 0.261 e. The van der Waals surface area contributed by atoms with Crippen molar-refractivity contribution in [1.82, 2.24) is 10.6 Å². The number of hydrogen-bond acceptors (Lipinski definition) is 5. The van der Waals surface area contributed by atoms with Gasteiger partial charge in [-0.15, -0.1) is 11.3 Å². The number of aliphatic hydroxyl groups excluding tert-OH is 1. The number of carbonyl (C=O) groups excluding carboxylic acids is 2. The molecule has 0 fully saturated rings. The Morgan fingerprint density at radius 2 is 2.19 bits per heavy atom. The van der Waals surface area contributed by atoms with Crippen molar-refractivity contribution >= 4 is 23.2 Å². The van der Waals surface area contributed by atoms with Gasteiger partial charge in [-0.25, -0.2) is 0 Å². The lowest BCUT2D eigenvalue weighted by molar-refractivity contribution is -0.120. The lowest BCUT2D eigenvalue weighted by atomic mass is 10.4. The number of rotatable bonds is 7. The Labute approximate surface area is 127 Å². The number of amides is 2. The topological polar surface area (TPSA) is 87.7 Å². The van der Waals surface area contributed by atoms with E-state index in [1.54, 1.807) is 19.2 Å². The van der Waals surface area contributed by atoms with Crippen LogP contribution in [-0.2, 0) is 9.53 Å². The van der Waals surface area contributed by atoms with Gasteiger partial charge in [-0.2, -0.15) is 0 Å². The molecule has 7 heteroatoms. The molecule has 0 saturated heterocycles. The van der Waals surface area contributed by atoms with E-state index in [0.717, 1.165) is 4.88 Å². The first-order chi connectivity index (χ1) is 10.2. The summed E-state index contributed by atoms with van der Waals surface area (Å²) < 4.78 is 4.80. The van der Waals surface area contributed by atoms with Crippen molar-refractivity contribution in [3.8, 4) is 11.8 Å². The van der Waals surface area contributed by atoms with Gasteiger partial charge in [0.15, 0.2) is 0 Å². The van der Waals surface area contributed by atoms with Gasteiger partial charge in [-0.3, -0.25) is 9.59 Å². The summed E-state index contributed by atoms with van der Waals surface area (Å²) in [5.41, 5.74) is 0. The van der Waals surface area contributed by atoms with E-state index in [2.05, 4.69) is 22.5 Å². The average molecular weight is 310 g/mol. The van der Waals surface area contributed by atoms with Crippen LogP contribution in [-0.4, -0.2) is 50.3 Å². The predicted molar refractivity (Wildman–Crippen MR) is 80.1 cm³/mol. The SMILES string of the molecule is COCCNC(=O)CNC(=O)c1ccc(C#CCCO)s1. The third-order valence-corrected chi connectivity index (χ3v) is 3.32. The first kappa shape index (κ1) is 17.2. The van der Waals surface area contributed by atoms with Gasteiger partial charge in [0.05, 0.1) is 29.5 Å². The Balaban J connectivity index is 2.39. The molecule has 0 aliphatic carbocycles. The van der Waals surface area contributed by atoms with E-state index in [-0.39, 0.29) is 25.0 Å². The van der Waals surface area contributed by atoms with Crippen LogP contribution >= 0.6 is 11.3 Å². The van der Waals surface area contributed by atoms with E-state index in [1.165, 1.54) is 11.3 Å². The normalized spacial score (nSPS) is 9.62. The minimum Gasteiger partial charge on any atom is -0.395 e. The van der Waals surface area contributed by atoms with E-state index in [9.17, 15) is 9.59 Å². The predicted octanol–water partition coefficient (Wildman–Crippen LogP) is -0.0256. The van der Waals surface area contributed by atoms with Crippen LogP contribution in [0.3, 0.4) is 0 Å². The maximum atomic E-state index is 11.8. The standard InChI is InChI=1S/C14H18N2O4S/c1-20-9-7-15-13(18)10-16-14(19)12-6-5-11(21-12)4-2-3-8-17/h5-6,17H,3,7-10H2,1H3,(H,15,18)(H,16,19). The summed E-state index contributed by atoms with van der Waals surface area (Å²) in [6, 6.07) is 3.40. The summed E-state index contributed by atoms with van der Waals surface area (Å²) in [6.07, 6.45) is 0.404. The van der Waals surface area contributed by atoms with Crippen LogP contribution in [0, 0.1) is 11.8 Å². The lowest BCUT2D eigenvalue weighted by Gasteiger charge is -2.05. The zero-order valence-electron chi connectivity index (χ0n) is 11.8. The molecule has 0 aromatic carbocycles. The molecule has 1 heterocycles. The molecule has 0 radical (unpaired) electrons. The van der Waals surface area contributed by atoms with Crippen molar-refractivity contribution in [3.63, 3.8) is 0 Å². The molecule has 0 atom stereocenters. The highest BCUT2D eigenvalue weighted by molar-refractivity contribution is 7.14. The van der Waals surface area contributed by atoms with Crippen LogP contribution in [0.2, 0.25) is 0 Å². The van der Waals surface area contributed by atoms with E-state index >= 15 is 0 Å². The summed E-state index contributed by atoms with van der Waals surface area (Å²) in [6.45, 7) is 0.783. The molecular weight excluding hydrogens is 292 g/mol. The lowest BCUT2D eigenvalue weighted by Crippen LogP contribution is -2.37. The maximum Gasteiger partial charge on any atom is 0.261 e. The molecule has 0 saturated carbocycles. The molecule has 0 spiro atoms. The fraction of sp³-hybridized carbons (Fsp3) is 0.429. The van der Waals surface area contributed by atoms with Gasteiger partial charge < -0.3 is 20.5 Å². The molecule has 3 N–H and O–H groups in total. The largest absolute Gasteiger partial charge is 0.395 e. The molecule has 0 bridgehead atoms. The Bertz CT molecular complexity index is 531. The second kappa shape index (κ2) is 9.94. The molecule has 0 aliphatic heterocycles. The van der Waals surface area contributed by atoms with Crippen LogP contribution in [0.5, 0.6) is 0 Å². The number of carbonyl (C=O) groups is 2. The van der Waals surface area contributed by atoms with Gasteiger partial charge in [0.25, 0.3) is 5.91 Å². The van der Waals surface area contributed by atoms with Crippen LogP contribution in [0.1, 0.15) is 21.0 Å². The second-order valence-corrected chi connectivity index (χ2v) is 5.05. The van der Waals surface area contributed by atoms with Gasteiger partial charge in [0.1, 0.15) is 0 Å². The van der Waals surface area contributed by atoms with Crippen molar-refractivity contribution < 1.29 is 19.4 Å². The summed E-state index contributed by atoms with van der Waals surface area (Å²) in [5.74, 6) is 5.07. The molecule has 0 aliphatic rings. The summed E-state index contributed by atoms with van der Waals surface area (Å²) >= 11 is 1.25. The third-order valence-electron chi connectivity index (χ3n) is 2.32. The molecule has 0 unspecified atom stereocenters. The van der Waals surface area contributed by atoms with Crippen LogP contribution in [0.25, 0.3) is 0 Å². The van der Waals surface area contributed by atoms with Crippen molar-refractivity contribution in [1.29, 1.82) is 0 Å². The number of nitrogens with one attached hydrogen (secondary N) is 2. The summed E-state index contributed by atoms with van der Waals surface area (Å²) in [4.78, 5) is 24.5. The van der Waals surface area contributed by atoms with Gasteiger partial charge in [-0.1, -0.05) is 11.8 Å². The molecule has 21 heavy (non-hydrogen) atoms. The fourth-order valence-corrected chi connectivity index (χ4v) is 2.13. The highest BCUT2D eigenvalue weighted by Crippen LogP contribution is 2.15. The Morgan fingerprint density at radius 3 is 2.90 bits per heavy atom. The molecule has 1 rings (SSSR count). The van der Waals surface area contributed by atoms with Gasteiger partial charge in [0, 0.05) is 20.1 Å². The molecule has 1 aromatic heterocycles. The van der Waals surface area contributed by atoms with Crippen LogP contribution in [0.15, 0.2) is 12.1 Å². The zero-order chi connectivity index (χ0) is 15.5. The van der Waals surface area contributed by atoms with Crippen molar-refractivity contribution in [2.45, 2.75) is 6.42 Å². The van der Waals surface area contributed by atoms with Gasteiger partial charge in [0.2, 0.25) is 5.91 Å². The minimum atomic E-state index is -0.308. The van der Waals surface area contributed by atoms with Crippen molar-refractivity contribution in [2.24, 2.45) is 0 Å². The minimum absolute atomic E-state index is 0.0178. The van der Waals surface area contributed by atoms with Crippen molar-refractivity contribution in [2.75, 3.05) is 33.4 Å². The van der Waals surface area contributed by atoms with E-state index in [0.29, 0.717) is 24.4 Å². The number of methoxy groups -OCH3 is 1. The van der Waals surface area contributed by atoms with E-state index < -0.39 is 0 Å². The van der Waals surface area contributed by atoms with Gasteiger partial charge in [-0.05, 0) is 12.1 Å². The third kappa shape index (κ3) is 6.90. The molecule has 6 nitrogen and oxygen atoms in total. The Morgan fingerprint density at radius 1 is 1.38 bits per heavy atom. The molecular formula is C14H18N2O4S. The monoisotopic (exact) mass is 310 g/mol. The maximum absolute atomic E-state index is 11.8. The highest BCUT2D eigenvalue weighted by atomic mass is 32.1. The zero-order valence-corrected chi connectivity index (χ0v) is 12.6. The van der Waals surface area contributed by atoms with E-state index in [4.69, 9.17) is 9.84 Å². The average Bonchev–Trinajstić information content (AvgIpc) is 2.94. The second-order valence-electron chi connectivity index (χ2n) is 3.96. The quantitative estimate of drug-likeness (QED) is 0.488. The molecule has 2 amide bonds. The number of aliphatic hydroxyl groups is 1. The van der Waals surface area contributed by atoms with Gasteiger partial charge >= 0.3 is 0 Å². The molecule has 114 valence electrons.